The number of unbranched alkanes of at least 4 members (excludes halogenated alkanes) is 1. The van der Waals surface area contributed by atoms with Crippen LogP contribution in [0.25, 0.3) is 0 Å². The lowest BCUT2D eigenvalue weighted by Crippen LogP contribution is -2.43. The minimum atomic E-state index is 0.460. The van der Waals surface area contributed by atoms with E-state index >= 15 is 0 Å². The van der Waals surface area contributed by atoms with Gasteiger partial charge in [-0.1, -0.05) is 39.5 Å². The molecular weight excluding hydrogens is 280 g/mol. The van der Waals surface area contributed by atoms with Gasteiger partial charge in [-0.25, -0.2) is 0 Å². The van der Waals surface area contributed by atoms with Gasteiger partial charge in [0, 0.05) is 0 Å². The predicted octanol–water partition coefficient (Wildman–Crippen LogP) is 6.60. The Morgan fingerprint density at radius 3 is 2.26 bits per heavy atom. The fraction of sp³-hybridized carbons (Fsp3) is 1.00. The average molecular weight is 321 g/mol. The van der Waals surface area contributed by atoms with Gasteiger partial charge >= 0.3 is 0 Å². The SMILES string of the molecule is CCCCC1CCC2C(CCC3CC(OC(C)CC)CCC32)C1. The molecule has 7 atom stereocenters. The largest absolute Gasteiger partial charge is 0.375 e. The Morgan fingerprint density at radius 2 is 1.57 bits per heavy atom. The van der Waals surface area contributed by atoms with Crippen molar-refractivity contribution < 1.29 is 4.74 Å². The standard InChI is InChI=1S/C22H40O/c1-4-6-7-17-8-12-21-18(14-17)9-10-19-15-20(11-13-22(19)21)23-16(3)5-2/h16-22H,4-15H2,1-3H3. The van der Waals surface area contributed by atoms with E-state index in [2.05, 4.69) is 20.8 Å². The van der Waals surface area contributed by atoms with E-state index < -0.39 is 0 Å². The second-order valence-electron chi connectivity index (χ2n) is 9.04. The summed E-state index contributed by atoms with van der Waals surface area (Å²) in [5, 5.41) is 0. The van der Waals surface area contributed by atoms with Gasteiger partial charge < -0.3 is 4.74 Å². The molecule has 0 aromatic rings. The molecule has 7 unspecified atom stereocenters. The normalized spacial score (nSPS) is 41.9. The zero-order valence-corrected chi connectivity index (χ0v) is 15.9. The van der Waals surface area contributed by atoms with Crippen LogP contribution in [0.2, 0.25) is 0 Å². The summed E-state index contributed by atoms with van der Waals surface area (Å²) in [5.41, 5.74) is 0. The summed E-state index contributed by atoms with van der Waals surface area (Å²) < 4.78 is 6.29. The molecule has 134 valence electrons. The highest BCUT2D eigenvalue weighted by Crippen LogP contribution is 2.53. The third-order valence-corrected chi connectivity index (χ3v) is 7.57. The highest BCUT2D eigenvalue weighted by Gasteiger charge is 2.44. The Bertz CT molecular complexity index is 352. The Kier molecular flexibility index (Phi) is 6.46. The molecule has 0 spiro atoms. The summed E-state index contributed by atoms with van der Waals surface area (Å²) in [7, 11) is 0. The second kappa shape index (κ2) is 8.37. The van der Waals surface area contributed by atoms with Crippen molar-refractivity contribution in [2.45, 2.75) is 110 Å². The molecule has 3 fully saturated rings. The number of fused-ring (bicyclic) bond motifs is 3. The van der Waals surface area contributed by atoms with Crippen molar-refractivity contribution in [1.82, 2.24) is 0 Å². The van der Waals surface area contributed by atoms with Crippen molar-refractivity contribution in [2.75, 3.05) is 0 Å². The molecule has 0 aromatic heterocycles. The minimum Gasteiger partial charge on any atom is -0.375 e. The first-order chi connectivity index (χ1) is 11.2. The molecule has 0 radical (unpaired) electrons. The van der Waals surface area contributed by atoms with Crippen LogP contribution >= 0.6 is 0 Å². The van der Waals surface area contributed by atoms with Crippen molar-refractivity contribution in [3.05, 3.63) is 0 Å². The number of hydrogen-bond acceptors (Lipinski definition) is 1. The molecule has 0 aromatic carbocycles. The van der Waals surface area contributed by atoms with Gasteiger partial charge in [0.15, 0.2) is 0 Å². The molecule has 0 N–H and O–H groups in total. The fourth-order valence-corrected chi connectivity index (χ4v) is 6.15. The van der Waals surface area contributed by atoms with Crippen LogP contribution in [0.4, 0.5) is 0 Å². The molecule has 3 aliphatic rings. The van der Waals surface area contributed by atoms with Crippen LogP contribution in [0.3, 0.4) is 0 Å². The van der Waals surface area contributed by atoms with Crippen LogP contribution in [-0.2, 0) is 4.74 Å². The Hall–Kier alpha value is -0.0400. The first kappa shape index (κ1) is 17.8. The molecule has 1 nitrogen and oxygen atoms in total. The highest BCUT2D eigenvalue weighted by molar-refractivity contribution is 4.94. The predicted molar refractivity (Wildman–Crippen MR) is 98.5 cm³/mol. The third-order valence-electron chi connectivity index (χ3n) is 7.57. The van der Waals surface area contributed by atoms with E-state index in [4.69, 9.17) is 4.74 Å². The summed E-state index contributed by atoms with van der Waals surface area (Å²) in [6.45, 7) is 6.84. The van der Waals surface area contributed by atoms with Crippen LogP contribution in [0.5, 0.6) is 0 Å². The van der Waals surface area contributed by atoms with E-state index in [1.807, 2.05) is 0 Å². The van der Waals surface area contributed by atoms with Crippen molar-refractivity contribution in [2.24, 2.45) is 29.6 Å². The monoisotopic (exact) mass is 320 g/mol. The van der Waals surface area contributed by atoms with Crippen molar-refractivity contribution in [3.8, 4) is 0 Å². The summed E-state index contributed by atoms with van der Waals surface area (Å²) >= 11 is 0. The molecule has 0 bridgehead atoms. The molecule has 23 heavy (non-hydrogen) atoms. The van der Waals surface area contributed by atoms with Crippen LogP contribution < -0.4 is 0 Å². The van der Waals surface area contributed by atoms with Crippen molar-refractivity contribution >= 4 is 0 Å². The fourth-order valence-electron chi connectivity index (χ4n) is 6.15. The molecule has 3 rings (SSSR count). The first-order valence-corrected chi connectivity index (χ1v) is 10.9. The number of rotatable bonds is 6. The topological polar surface area (TPSA) is 9.23 Å². The van der Waals surface area contributed by atoms with E-state index in [0.29, 0.717) is 12.2 Å². The van der Waals surface area contributed by atoms with Gasteiger partial charge in [0.25, 0.3) is 0 Å². The lowest BCUT2D eigenvalue weighted by molar-refractivity contribution is -0.0760. The van der Waals surface area contributed by atoms with Gasteiger partial charge in [0.2, 0.25) is 0 Å². The maximum atomic E-state index is 6.29. The van der Waals surface area contributed by atoms with Gasteiger partial charge in [0.05, 0.1) is 12.2 Å². The summed E-state index contributed by atoms with van der Waals surface area (Å²) in [6, 6.07) is 0. The van der Waals surface area contributed by atoms with Gasteiger partial charge in [0.1, 0.15) is 0 Å². The zero-order chi connectivity index (χ0) is 16.2. The van der Waals surface area contributed by atoms with Crippen molar-refractivity contribution in [1.29, 1.82) is 0 Å². The van der Waals surface area contributed by atoms with Crippen LogP contribution in [0, 0.1) is 29.6 Å². The Morgan fingerprint density at radius 1 is 0.870 bits per heavy atom. The van der Waals surface area contributed by atoms with Gasteiger partial charge in [-0.3, -0.25) is 0 Å². The molecule has 0 aliphatic heterocycles. The lowest BCUT2D eigenvalue weighted by Gasteiger charge is -2.51. The lowest BCUT2D eigenvalue weighted by atomic mass is 9.56. The van der Waals surface area contributed by atoms with Crippen molar-refractivity contribution in [3.63, 3.8) is 0 Å². The van der Waals surface area contributed by atoms with E-state index in [-0.39, 0.29) is 0 Å². The molecule has 1 heteroatoms. The molecule has 0 amide bonds. The Labute approximate surface area is 144 Å². The molecule has 0 heterocycles. The smallest absolute Gasteiger partial charge is 0.0581 e. The first-order valence-electron chi connectivity index (χ1n) is 10.9. The number of hydrogen-bond donors (Lipinski definition) is 0. The Balaban J connectivity index is 1.51. The maximum Gasteiger partial charge on any atom is 0.0581 e. The summed E-state index contributed by atoms with van der Waals surface area (Å²) in [5.74, 6) is 5.27. The minimum absolute atomic E-state index is 0.460. The molecular formula is C22H40O. The third kappa shape index (κ3) is 4.33. The zero-order valence-electron chi connectivity index (χ0n) is 15.9. The van der Waals surface area contributed by atoms with E-state index in [1.165, 1.54) is 57.8 Å². The molecule has 3 aliphatic carbocycles. The van der Waals surface area contributed by atoms with Crippen LogP contribution in [0.1, 0.15) is 97.8 Å². The van der Waals surface area contributed by atoms with Gasteiger partial charge in [-0.05, 0) is 87.9 Å². The van der Waals surface area contributed by atoms with Gasteiger partial charge in [-0.2, -0.15) is 0 Å². The van der Waals surface area contributed by atoms with E-state index in [9.17, 15) is 0 Å². The van der Waals surface area contributed by atoms with E-state index in [1.54, 1.807) is 12.8 Å². The average Bonchev–Trinajstić information content (AvgIpc) is 2.59. The van der Waals surface area contributed by atoms with Crippen LogP contribution in [0.15, 0.2) is 0 Å². The van der Waals surface area contributed by atoms with Crippen LogP contribution in [-0.4, -0.2) is 12.2 Å². The molecule has 3 saturated carbocycles. The quantitative estimate of drug-likeness (QED) is 0.535. The summed E-state index contributed by atoms with van der Waals surface area (Å²) in [4.78, 5) is 0. The molecule has 0 saturated heterocycles. The highest BCUT2D eigenvalue weighted by atomic mass is 16.5. The van der Waals surface area contributed by atoms with Gasteiger partial charge in [-0.15, -0.1) is 0 Å². The maximum absolute atomic E-state index is 6.29. The second-order valence-corrected chi connectivity index (χ2v) is 9.04. The van der Waals surface area contributed by atoms with E-state index in [0.717, 1.165) is 36.0 Å². The summed E-state index contributed by atoms with van der Waals surface area (Å²) in [6.07, 6.45) is 18.4. The number of ether oxygens (including phenoxy) is 1.